The second-order valence-electron chi connectivity index (χ2n) is 5.12. The summed E-state index contributed by atoms with van der Waals surface area (Å²) in [5.41, 5.74) is 15.1. The van der Waals surface area contributed by atoms with E-state index in [9.17, 15) is 4.57 Å². The Balaban J connectivity index is 0.000000318. The first kappa shape index (κ1) is 21.5. The van der Waals surface area contributed by atoms with Crippen LogP contribution in [-0.2, 0) is 11.1 Å². The van der Waals surface area contributed by atoms with Gasteiger partial charge in [0.25, 0.3) is 0 Å². The number of rotatable bonds is 4. The maximum atomic E-state index is 12.8. The van der Waals surface area contributed by atoms with E-state index in [1.807, 2.05) is 42.5 Å². The molecular formula is C19H20ClN4OP. The number of hydrogen-bond acceptors (Lipinski definition) is 2. The summed E-state index contributed by atoms with van der Waals surface area (Å²) in [6.45, 7) is 0.640. The molecule has 0 spiro atoms. The number of hydrogen-bond donors (Lipinski definition) is 1. The van der Waals surface area contributed by atoms with Crippen LogP contribution in [0.4, 0.5) is 0 Å². The zero-order valence-electron chi connectivity index (χ0n) is 14.1. The van der Waals surface area contributed by atoms with Gasteiger partial charge >= 0.3 is 0 Å². The molecular weight excluding hydrogens is 367 g/mol. The lowest BCUT2D eigenvalue weighted by Gasteiger charge is -2.12. The van der Waals surface area contributed by atoms with Gasteiger partial charge in [0.2, 0.25) is 7.29 Å². The van der Waals surface area contributed by atoms with E-state index < -0.39 is 7.29 Å². The van der Waals surface area contributed by atoms with Crippen molar-refractivity contribution in [3.8, 4) is 0 Å². The van der Waals surface area contributed by atoms with Crippen molar-refractivity contribution in [2.24, 2.45) is 10.6 Å². The number of azide groups is 1. The van der Waals surface area contributed by atoms with E-state index in [1.165, 1.54) is 5.56 Å². The molecule has 0 unspecified atom stereocenters. The van der Waals surface area contributed by atoms with Crippen LogP contribution >= 0.6 is 19.7 Å². The molecule has 3 aromatic carbocycles. The van der Waals surface area contributed by atoms with Crippen LogP contribution in [0, 0.1) is 0 Å². The van der Waals surface area contributed by atoms with Gasteiger partial charge in [-0.25, -0.2) is 0 Å². The standard InChI is InChI=1S/C12H10N3OP.C7H9N.ClH/c13-14-15-17(16,11-7-3-1-4-8-11)12-9-5-2-6-10-12;8-6-7-4-2-1-3-5-7;/h1-10H;1-5H,6,8H2;1H. The number of halogens is 1. The largest absolute Gasteiger partial charge is 0.326 e. The van der Waals surface area contributed by atoms with Gasteiger partial charge in [-0.05, 0) is 16.0 Å². The van der Waals surface area contributed by atoms with Crippen molar-refractivity contribution in [1.82, 2.24) is 0 Å². The highest BCUT2D eigenvalue weighted by Gasteiger charge is 2.25. The lowest BCUT2D eigenvalue weighted by atomic mass is 10.2. The molecule has 0 aliphatic carbocycles. The minimum Gasteiger partial charge on any atom is -0.326 e. The van der Waals surface area contributed by atoms with Crippen molar-refractivity contribution in [2.45, 2.75) is 6.54 Å². The van der Waals surface area contributed by atoms with E-state index in [4.69, 9.17) is 11.3 Å². The average molecular weight is 387 g/mol. The highest BCUT2D eigenvalue weighted by molar-refractivity contribution is 7.77. The number of nitrogens with zero attached hydrogens (tertiary/aromatic N) is 3. The first-order valence-electron chi connectivity index (χ1n) is 7.72. The van der Waals surface area contributed by atoms with Gasteiger partial charge in [-0.1, -0.05) is 91.0 Å². The van der Waals surface area contributed by atoms with E-state index in [0.717, 1.165) is 0 Å². The van der Waals surface area contributed by atoms with Crippen LogP contribution in [0.5, 0.6) is 0 Å². The first-order chi connectivity index (χ1) is 12.2. The summed E-state index contributed by atoms with van der Waals surface area (Å²) in [6, 6.07) is 27.6. The summed E-state index contributed by atoms with van der Waals surface area (Å²) in [7, 11) is -3.22. The summed E-state index contributed by atoms with van der Waals surface area (Å²) in [5.74, 6) is 0. The van der Waals surface area contributed by atoms with Crippen LogP contribution in [0.15, 0.2) is 95.9 Å². The summed E-state index contributed by atoms with van der Waals surface area (Å²) in [5, 5.41) is 1.09. The predicted molar refractivity (Wildman–Crippen MR) is 110 cm³/mol. The summed E-state index contributed by atoms with van der Waals surface area (Å²) < 4.78 is 12.8. The molecule has 2 N–H and O–H groups in total. The van der Waals surface area contributed by atoms with Gasteiger partial charge in [0.15, 0.2) is 0 Å². The Morgan fingerprint density at radius 2 is 1.19 bits per heavy atom. The molecule has 0 fully saturated rings. The van der Waals surface area contributed by atoms with Gasteiger partial charge in [-0.3, -0.25) is 0 Å². The van der Waals surface area contributed by atoms with Crippen LogP contribution in [0.3, 0.4) is 0 Å². The monoisotopic (exact) mass is 386 g/mol. The van der Waals surface area contributed by atoms with Crippen molar-refractivity contribution >= 4 is 30.3 Å². The second-order valence-corrected chi connectivity index (χ2v) is 7.48. The smallest absolute Gasteiger partial charge is 0.228 e. The summed E-state index contributed by atoms with van der Waals surface area (Å²) >= 11 is 0. The zero-order chi connectivity index (χ0) is 18.0. The van der Waals surface area contributed by atoms with Crippen LogP contribution in [-0.4, -0.2) is 0 Å². The molecule has 0 aliphatic heterocycles. The maximum Gasteiger partial charge on any atom is 0.228 e. The van der Waals surface area contributed by atoms with Gasteiger partial charge in [-0.2, -0.15) is 0 Å². The molecule has 0 aromatic heterocycles. The van der Waals surface area contributed by atoms with Crippen LogP contribution in [0.1, 0.15) is 5.56 Å². The fourth-order valence-corrected chi connectivity index (χ4v) is 3.95. The fraction of sp³-hybridized carbons (Fsp3) is 0.0526. The van der Waals surface area contributed by atoms with Crippen LogP contribution < -0.4 is 16.3 Å². The third-order valence-corrected chi connectivity index (χ3v) is 5.78. The predicted octanol–water partition coefficient (Wildman–Crippen LogP) is 4.79. The van der Waals surface area contributed by atoms with Gasteiger partial charge in [-0.15, -0.1) is 12.4 Å². The Hall–Kier alpha value is -2.55. The molecule has 0 saturated heterocycles. The van der Waals surface area contributed by atoms with Gasteiger partial charge in [0, 0.05) is 22.1 Å². The third-order valence-electron chi connectivity index (χ3n) is 3.46. The Morgan fingerprint density at radius 3 is 1.50 bits per heavy atom. The lowest BCUT2D eigenvalue weighted by molar-refractivity contribution is 0.588. The molecule has 3 aromatic rings. The van der Waals surface area contributed by atoms with Gasteiger partial charge in [0.05, 0.1) is 0 Å². The molecule has 0 bridgehead atoms. The molecule has 26 heavy (non-hydrogen) atoms. The highest BCUT2D eigenvalue weighted by Crippen LogP contribution is 2.44. The average Bonchev–Trinajstić information content (AvgIpc) is 2.70. The van der Waals surface area contributed by atoms with Crippen molar-refractivity contribution < 1.29 is 4.57 Å². The number of benzene rings is 3. The fourth-order valence-electron chi connectivity index (χ4n) is 2.18. The first-order valence-corrected chi connectivity index (χ1v) is 9.38. The molecule has 0 heterocycles. The Labute approximate surface area is 159 Å². The van der Waals surface area contributed by atoms with Crippen molar-refractivity contribution in [2.75, 3.05) is 0 Å². The molecule has 0 atom stereocenters. The lowest BCUT2D eigenvalue weighted by Crippen LogP contribution is -2.13. The van der Waals surface area contributed by atoms with Gasteiger partial charge < -0.3 is 10.3 Å². The molecule has 5 nitrogen and oxygen atoms in total. The van der Waals surface area contributed by atoms with Crippen LogP contribution in [0.2, 0.25) is 0 Å². The molecule has 0 saturated carbocycles. The Bertz CT molecular complexity index is 826. The van der Waals surface area contributed by atoms with E-state index in [-0.39, 0.29) is 12.4 Å². The van der Waals surface area contributed by atoms with Crippen molar-refractivity contribution in [3.05, 3.63) is 107 Å². The van der Waals surface area contributed by atoms with Gasteiger partial charge in [0.1, 0.15) is 0 Å². The minimum atomic E-state index is -3.22. The molecule has 7 heteroatoms. The Morgan fingerprint density at radius 1 is 0.808 bits per heavy atom. The Kier molecular flexibility index (Phi) is 9.21. The second kappa shape index (κ2) is 11.1. The maximum absolute atomic E-state index is 12.8. The minimum absolute atomic E-state index is 0. The normalized spacial score (nSPS) is 9.73. The summed E-state index contributed by atoms with van der Waals surface area (Å²) in [6.07, 6.45) is 0. The molecule has 134 valence electrons. The quantitative estimate of drug-likeness (QED) is 0.302. The van der Waals surface area contributed by atoms with E-state index in [1.54, 1.807) is 48.5 Å². The highest BCUT2D eigenvalue weighted by atomic mass is 35.5. The molecule has 3 rings (SSSR count). The molecule has 0 aliphatic rings. The zero-order valence-corrected chi connectivity index (χ0v) is 15.8. The van der Waals surface area contributed by atoms with Crippen molar-refractivity contribution in [1.29, 1.82) is 0 Å². The topological polar surface area (TPSA) is 91.8 Å². The summed E-state index contributed by atoms with van der Waals surface area (Å²) in [4.78, 5) is 6.26. The number of nitrogens with two attached hydrogens (primary N) is 1. The van der Waals surface area contributed by atoms with E-state index >= 15 is 0 Å². The van der Waals surface area contributed by atoms with E-state index in [2.05, 4.69) is 9.80 Å². The van der Waals surface area contributed by atoms with E-state index in [0.29, 0.717) is 17.2 Å². The SMILES string of the molecule is Cl.NCc1ccccc1.[N-]=[N+]=NP(=O)(c1ccccc1)c1ccccc1. The molecule has 0 radical (unpaired) electrons. The van der Waals surface area contributed by atoms with Crippen LogP contribution in [0.25, 0.3) is 10.4 Å². The molecule has 0 amide bonds. The van der Waals surface area contributed by atoms with Crippen molar-refractivity contribution in [3.63, 3.8) is 0 Å². The third kappa shape index (κ3) is 5.76.